The van der Waals surface area contributed by atoms with Crippen molar-refractivity contribution < 1.29 is 4.79 Å². The second-order valence-corrected chi connectivity index (χ2v) is 6.11. The van der Waals surface area contributed by atoms with Crippen molar-refractivity contribution in [3.05, 3.63) is 30.6 Å². The van der Waals surface area contributed by atoms with Gasteiger partial charge in [0.1, 0.15) is 0 Å². The minimum Gasteiger partial charge on any atom is -0.336 e. The van der Waals surface area contributed by atoms with E-state index in [1.54, 1.807) is 0 Å². The van der Waals surface area contributed by atoms with Crippen molar-refractivity contribution >= 4 is 5.91 Å². The van der Waals surface area contributed by atoms with E-state index in [9.17, 15) is 4.79 Å². The fourth-order valence-corrected chi connectivity index (χ4v) is 3.45. The van der Waals surface area contributed by atoms with Crippen molar-refractivity contribution in [3.8, 4) is 0 Å². The topological polar surface area (TPSA) is 38.1 Å². The summed E-state index contributed by atoms with van der Waals surface area (Å²) in [5.74, 6) is 0.871. The minimum absolute atomic E-state index is 0.166. The van der Waals surface area contributed by atoms with Crippen LogP contribution in [0.25, 0.3) is 0 Å². The standard InChI is InChI=1S/C16H23N3O/c1-3-8-19(13-6-4-5-7-13)16(20)15-9-14(15)12-10-17-18(2)11-12/h3,10-11,13-15H,1,4-9H2,2H3/t14-,15-/m1/s1. The lowest BCUT2D eigenvalue weighted by atomic mass is 10.1. The van der Waals surface area contributed by atoms with Crippen LogP contribution in [0.2, 0.25) is 0 Å². The van der Waals surface area contributed by atoms with Crippen LogP contribution in [0.5, 0.6) is 0 Å². The van der Waals surface area contributed by atoms with E-state index >= 15 is 0 Å². The van der Waals surface area contributed by atoms with E-state index in [0.29, 0.717) is 24.4 Å². The van der Waals surface area contributed by atoms with Crippen molar-refractivity contribution in [3.63, 3.8) is 0 Å². The molecule has 4 nitrogen and oxygen atoms in total. The second kappa shape index (κ2) is 5.43. The summed E-state index contributed by atoms with van der Waals surface area (Å²) in [4.78, 5) is 14.8. The van der Waals surface area contributed by atoms with E-state index in [2.05, 4.69) is 16.6 Å². The number of carbonyl (C=O) groups excluding carboxylic acids is 1. The van der Waals surface area contributed by atoms with Gasteiger partial charge in [0.05, 0.1) is 6.20 Å². The summed E-state index contributed by atoms with van der Waals surface area (Å²) in [7, 11) is 1.92. The monoisotopic (exact) mass is 273 g/mol. The third-order valence-corrected chi connectivity index (χ3v) is 4.63. The van der Waals surface area contributed by atoms with E-state index in [4.69, 9.17) is 0 Å². The third kappa shape index (κ3) is 2.51. The predicted molar refractivity (Wildman–Crippen MR) is 78.2 cm³/mol. The van der Waals surface area contributed by atoms with Gasteiger partial charge in [0, 0.05) is 31.7 Å². The normalized spacial score (nSPS) is 25.6. The molecule has 0 unspecified atom stereocenters. The zero-order valence-electron chi connectivity index (χ0n) is 12.2. The molecule has 4 heteroatoms. The maximum atomic E-state index is 12.7. The van der Waals surface area contributed by atoms with Crippen LogP contribution in [-0.4, -0.2) is 33.2 Å². The van der Waals surface area contributed by atoms with Crippen LogP contribution in [-0.2, 0) is 11.8 Å². The highest BCUT2D eigenvalue weighted by molar-refractivity contribution is 5.83. The van der Waals surface area contributed by atoms with Gasteiger partial charge in [-0.15, -0.1) is 6.58 Å². The molecule has 0 bridgehead atoms. The zero-order chi connectivity index (χ0) is 14.1. The van der Waals surface area contributed by atoms with Gasteiger partial charge in [-0.2, -0.15) is 5.10 Å². The molecule has 1 heterocycles. The number of hydrogen-bond donors (Lipinski definition) is 0. The van der Waals surface area contributed by atoms with Crippen LogP contribution in [0.3, 0.4) is 0 Å². The second-order valence-electron chi connectivity index (χ2n) is 6.11. The first-order valence-electron chi connectivity index (χ1n) is 7.60. The number of aromatic nitrogens is 2. The summed E-state index contributed by atoms with van der Waals surface area (Å²) >= 11 is 0. The number of carbonyl (C=O) groups is 1. The summed E-state index contributed by atoms with van der Waals surface area (Å²) in [5.41, 5.74) is 1.20. The molecule has 2 saturated carbocycles. The maximum absolute atomic E-state index is 12.7. The lowest BCUT2D eigenvalue weighted by Crippen LogP contribution is -2.40. The van der Waals surface area contributed by atoms with Crippen LogP contribution in [0.1, 0.15) is 43.6 Å². The average molecular weight is 273 g/mol. The van der Waals surface area contributed by atoms with Crippen LogP contribution in [0, 0.1) is 5.92 Å². The Kier molecular flexibility index (Phi) is 3.64. The van der Waals surface area contributed by atoms with Gasteiger partial charge in [-0.05, 0) is 30.7 Å². The molecule has 0 saturated heterocycles. The number of aryl methyl sites for hydroxylation is 1. The van der Waals surface area contributed by atoms with Crippen molar-refractivity contribution in [2.24, 2.45) is 13.0 Å². The van der Waals surface area contributed by atoms with Crippen LogP contribution < -0.4 is 0 Å². The Bertz CT molecular complexity index is 502. The molecule has 1 amide bonds. The SMILES string of the molecule is C=CCN(C(=O)[C@@H]1C[C@@H]1c1cnn(C)c1)C1CCCC1. The largest absolute Gasteiger partial charge is 0.336 e. The highest BCUT2D eigenvalue weighted by atomic mass is 16.2. The molecule has 0 spiro atoms. The van der Waals surface area contributed by atoms with Gasteiger partial charge in [-0.3, -0.25) is 9.48 Å². The zero-order valence-corrected chi connectivity index (χ0v) is 12.2. The Morgan fingerprint density at radius 2 is 2.30 bits per heavy atom. The lowest BCUT2D eigenvalue weighted by molar-refractivity contribution is -0.134. The first kappa shape index (κ1) is 13.4. The van der Waals surface area contributed by atoms with Gasteiger partial charge in [0.2, 0.25) is 5.91 Å². The molecule has 0 N–H and O–H groups in total. The van der Waals surface area contributed by atoms with Crippen LogP contribution in [0.15, 0.2) is 25.0 Å². The summed E-state index contributed by atoms with van der Waals surface area (Å²) in [6.07, 6.45) is 11.6. The molecule has 108 valence electrons. The van der Waals surface area contributed by atoms with Crippen molar-refractivity contribution in [1.82, 2.24) is 14.7 Å². The van der Waals surface area contributed by atoms with E-state index in [0.717, 1.165) is 19.3 Å². The fraction of sp³-hybridized carbons (Fsp3) is 0.625. The van der Waals surface area contributed by atoms with E-state index < -0.39 is 0 Å². The Labute approximate surface area is 120 Å². The molecule has 3 rings (SSSR count). The summed E-state index contributed by atoms with van der Waals surface area (Å²) < 4.78 is 1.81. The molecule has 0 aromatic carbocycles. The maximum Gasteiger partial charge on any atom is 0.226 e. The highest BCUT2D eigenvalue weighted by Gasteiger charge is 2.47. The smallest absolute Gasteiger partial charge is 0.226 e. The van der Waals surface area contributed by atoms with Gasteiger partial charge in [-0.25, -0.2) is 0 Å². The van der Waals surface area contributed by atoms with E-state index in [-0.39, 0.29) is 5.92 Å². The van der Waals surface area contributed by atoms with E-state index in [1.165, 1.54) is 18.4 Å². The van der Waals surface area contributed by atoms with Gasteiger partial charge < -0.3 is 4.90 Å². The Morgan fingerprint density at radius 1 is 1.55 bits per heavy atom. The molecule has 2 aliphatic carbocycles. The highest BCUT2D eigenvalue weighted by Crippen LogP contribution is 2.48. The Morgan fingerprint density at radius 3 is 2.90 bits per heavy atom. The number of hydrogen-bond acceptors (Lipinski definition) is 2. The van der Waals surface area contributed by atoms with E-state index in [1.807, 2.05) is 30.2 Å². The lowest BCUT2D eigenvalue weighted by Gasteiger charge is -2.28. The minimum atomic E-state index is 0.166. The molecular formula is C16H23N3O. The first-order chi connectivity index (χ1) is 9.70. The molecule has 2 atom stereocenters. The van der Waals surface area contributed by atoms with Crippen molar-refractivity contribution in [2.45, 2.75) is 44.1 Å². The van der Waals surface area contributed by atoms with Crippen molar-refractivity contribution in [1.29, 1.82) is 0 Å². The summed E-state index contributed by atoms with van der Waals surface area (Å²) in [6, 6.07) is 0.440. The van der Waals surface area contributed by atoms with Gasteiger partial charge in [0.15, 0.2) is 0 Å². The van der Waals surface area contributed by atoms with Crippen molar-refractivity contribution in [2.75, 3.05) is 6.54 Å². The molecular weight excluding hydrogens is 250 g/mol. The molecule has 20 heavy (non-hydrogen) atoms. The first-order valence-corrected chi connectivity index (χ1v) is 7.60. The molecule has 0 aliphatic heterocycles. The molecule has 2 aliphatic rings. The molecule has 2 fully saturated rings. The summed E-state index contributed by atoms with van der Waals surface area (Å²) in [5, 5.41) is 4.21. The van der Waals surface area contributed by atoms with Crippen LogP contribution >= 0.6 is 0 Å². The fourth-order valence-electron chi connectivity index (χ4n) is 3.45. The van der Waals surface area contributed by atoms with Gasteiger partial charge >= 0.3 is 0 Å². The average Bonchev–Trinajstić information content (AvgIpc) is 2.85. The third-order valence-electron chi connectivity index (χ3n) is 4.63. The molecule has 1 aromatic rings. The summed E-state index contributed by atoms with van der Waals surface area (Å²) in [6.45, 7) is 4.50. The number of amides is 1. The molecule has 1 aromatic heterocycles. The number of rotatable bonds is 5. The Balaban J connectivity index is 1.66. The quantitative estimate of drug-likeness (QED) is 0.773. The predicted octanol–water partition coefficient (Wildman–Crippen LogP) is 2.48. The van der Waals surface area contributed by atoms with Gasteiger partial charge in [0.25, 0.3) is 0 Å². The number of nitrogens with zero attached hydrogens (tertiary/aromatic N) is 3. The molecule has 0 radical (unpaired) electrons. The van der Waals surface area contributed by atoms with Gasteiger partial charge in [-0.1, -0.05) is 18.9 Å². The Hall–Kier alpha value is -1.58. The van der Waals surface area contributed by atoms with Crippen LogP contribution in [0.4, 0.5) is 0 Å².